The van der Waals surface area contributed by atoms with Crippen LogP contribution < -0.4 is 5.32 Å². The van der Waals surface area contributed by atoms with Crippen molar-refractivity contribution in [3.8, 4) is 0 Å². The van der Waals surface area contributed by atoms with Crippen LogP contribution in [0, 0.1) is 0 Å². The first-order valence-electron chi connectivity index (χ1n) is 6.28. The fourth-order valence-corrected chi connectivity index (χ4v) is 2.13. The summed E-state index contributed by atoms with van der Waals surface area (Å²) >= 11 is 0. The first-order valence-corrected chi connectivity index (χ1v) is 6.28. The zero-order valence-electron chi connectivity index (χ0n) is 11.2. The van der Waals surface area contributed by atoms with Gasteiger partial charge in [-0.25, -0.2) is 9.78 Å². The number of carbonyl (C=O) groups excluding carboxylic acids is 3. The molecule has 21 heavy (non-hydrogen) atoms. The molecule has 1 aliphatic heterocycles. The van der Waals surface area contributed by atoms with Crippen LogP contribution in [0.2, 0.25) is 0 Å². The Morgan fingerprint density at radius 2 is 2.19 bits per heavy atom. The summed E-state index contributed by atoms with van der Waals surface area (Å²) in [5.41, 5.74) is -0.204. The normalized spacial score (nSPS) is 18.3. The third-order valence-electron chi connectivity index (χ3n) is 3.13. The molecule has 3 amide bonds. The van der Waals surface area contributed by atoms with Gasteiger partial charge in [0, 0.05) is 11.8 Å². The number of imide groups is 1. The van der Waals surface area contributed by atoms with E-state index in [9.17, 15) is 19.2 Å². The van der Waals surface area contributed by atoms with Crippen LogP contribution in [0.3, 0.4) is 0 Å². The lowest BCUT2D eigenvalue weighted by molar-refractivity contribution is -0.138. The molecule has 0 radical (unpaired) electrons. The van der Waals surface area contributed by atoms with E-state index in [4.69, 9.17) is 5.11 Å². The number of hydrogen-bond donors (Lipinski definition) is 2. The zero-order valence-corrected chi connectivity index (χ0v) is 11.2. The monoisotopic (exact) mass is 291 g/mol. The number of piperazine rings is 1. The van der Waals surface area contributed by atoms with Gasteiger partial charge in [0.1, 0.15) is 18.3 Å². The number of aromatic carboxylic acids is 1. The van der Waals surface area contributed by atoms with Crippen molar-refractivity contribution in [1.82, 2.24) is 15.2 Å². The quantitative estimate of drug-likeness (QED) is 0.736. The Morgan fingerprint density at radius 3 is 2.81 bits per heavy atom. The summed E-state index contributed by atoms with van der Waals surface area (Å²) in [4.78, 5) is 51.2. The fraction of sp³-hybridized carbons (Fsp3) is 0.308. The van der Waals surface area contributed by atoms with E-state index >= 15 is 0 Å². The highest BCUT2D eigenvalue weighted by molar-refractivity contribution is 6.07. The van der Waals surface area contributed by atoms with Gasteiger partial charge < -0.3 is 10.0 Å². The molecule has 1 aliphatic rings. The molecule has 110 valence electrons. The Balaban J connectivity index is 2.33. The summed E-state index contributed by atoms with van der Waals surface area (Å²) in [6, 6.07) is 1.71. The molecule has 2 N–H and O–H groups in total. The largest absolute Gasteiger partial charge is 0.477 e. The summed E-state index contributed by atoms with van der Waals surface area (Å²) in [5.74, 6) is -2.93. The summed E-state index contributed by atoms with van der Waals surface area (Å²) < 4.78 is 0. The van der Waals surface area contributed by atoms with Crippen molar-refractivity contribution in [2.24, 2.45) is 0 Å². The highest BCUT2D eigenvalue weighted by Crippen LogP contribution is 2.14. The Labute approximate surface area is 119 Å². The number of carboxylic acid groups (broad SMARTS) is 1. The summed E-state index contributed by atoms with van der Waals surface area (Å²) in [6.45, 7) is 1.48. The van der Waals surface area contributed by atoms with Gasteiger partial charge in [0.2, 0.25) is 11.8 Å². The molecule has 0 aromatic carbocycles. The number of nitrogens with one attached hydrogen (secondary N) is 1. The summed E-state index contributed by atoms with van der Waals surface area (Å²) in [5, 5.41) is 11.0. The van der Waals surface area contributed by atoms with Crippen LogP contribution in [0.25, 0.3) is 0 Å². The van der Waals surface area contributed by atoms with E-state index in [1.807, 2.05) is 0 Å². The molecule has 1 aromatic heterocycles. The second-order valence-electron chi connectivity index (χ2n) is 4.50. The van der Waals surface area contributed by atoms with Gasteiger partial charge in [0.25, 0.3) is 5.91 Å². The van der Waals surface area contributed by atoms with Gasteiger partial charge >= 0.3 is 5.97 Å². The molecular weight excluding hydrogens is 278 g/mol. The molecule has 0 aliphatic carbocycles. The molecule has 8 nitrogen and oxygen atoms in total. The maximum atomic E-state index is 12.4. The van der Waals surface area contributed by atoms with Gasteiger partial charge in [0.15, 0.2) is 0 Å². The molecular formula is C13H13N3O5. The molecule has 1 atom stereocenters. The standard InChI is InChI=1S/C13H13N3O5/c1-2-9-11(18)15-10(17)6-16(9)12(19)7-3-4-14-8(5-7)13(20)21/h3-5,9H,2,6H2,1H3,(H,20,21)(H,15,17,18). The van der Waals surface area contributed by atoms with E-state index < -0.39 is 29.7 Å². The minimum atomic E-state index is -1.26. The van der Waals surface area contributed by atoms with Crippen LogP contribution in [-0.2, 0) is 9.59 Å². The van der Waals surface area contributed by atoms with Crippen molar-refractivity contribution >= 4 is 23.7 Å². The van der Waals surface area contributed by atoms with Crippen LogP contribution in [0.1, 0.15) is 34.2 Å². The highest BCUT2D eigenvalue weighted by atomic mass is 16.4. The second-order valence-corrected chi connectivity index (χ2v) is 4.50. The summed E-state index contributed by atoms with van der Waals surface area (Å²) in [7, 11) is 0. The van der Waals surface area contributed by atoms with Crippen molar-refractivity contribution in [2.45, 2.75) is 19.4 Å². The number of carboxylic acids is 1. The SMILES string of the molecule is CCC1C(=O)NC(=O)CN1C(=O)c1ccnc(C(=O)O)c1. The molecule has 8 heteroatoms. The van der Waals surface area contributed by atoms with Gasteiger partial charge in [-0.2, -0.15) is 0 Å². The summed E-state index contributed by atoms with van der Waals surface area (Å²) in [6.07, 6.45) is 1.55. The predicted octanol–water partition coefficient (Wildman–Crippen LogP) is -0.343. The Bertz CT molecular complexity index is 628. The maximum absolute atomic E-state index is 12.4. The van der Waals surface area contributed by atoms with E-state index in [0.29, 0.717) is 6.42 Å². The van der Waals surface area contributed by atoms with Crippen molar-refractivity contribution in [1.29, 1.82) is 0 Å². The average Bonchev–Trinajstić information content (AvgIpc) is 2.45. The zero-order chi connectivity index (χ0) is 15.6. The number of hydrogen-bond acceptors (Lipinski definition) is 5. The smallest absolute Gasteiger partial charge is 0.354 e. The number of amides is 3. The lowest BCUT2D eigenvalue weighted by Crippen LogP contribution is -2.59. The first kappa shape index (κ1) is 14.6. The third kappa shape index (κ3) is 2.88. The molecule has 1 fully saturated rings. The van der Waals surface area contributed by atoms with Gasteiger partial charge in [-0.1, -0.05) is 6.92 Å². The fourth-order valence-electron chi connectivity index (χ4n) is 2.13. The molecule has 0 bridgehead atoms. The van der Waals surface area contributed by atoms with E-state index in [1.54, 1.807) is 6.92 Å². The lowest BCUT2D eigenvalue weighted by Gasteiger charge is -2.33. The molecule has 1 saturated heterocycles. The Hall–Kier alpha value is -2.77. The molecule has 1 unspecified atom stereocenters. The highest BCUT2D eigenvalue weighted by Gasteiger charge is 2.36. The minimum Gasteiger partial charge on any atom is -0.477 e. The van der Waals surface area contributed by atoms with Gasteiger partial charge in [0.05, 0.1) is 0 Å². The van der Waals surface area contributed by atoms with E-state index in [0.717, 1.165) is 11.0 Å². The van der Waals surface area contributed by atoms with Crippen molar-refractivity contribution in [3.05, 3.63) is 29.6 Å². The third-order valence-corrected chi connectivity index (χ3v) is 3.13. The lowest BCUT2D eigenvalue weighted by atomic mass is 10.1. The number of pyridine rings is 1. The van der Waals surface area contributed by atoms with Gasteiger partial charge in [-0.15, -0.1) is 0 Å². The van der Waals surface area contributed by atoms with Crippen molar-refractivity contribution in [2.75, 3.05) is 6.54 Å². The van der Waals surface area contributed by atoms with E-state index in [-0.39, 0.29) is 17.8 Å². The van der Waals surface area contributed by atoms with Crippen LogP contribution in [0.5, 0.6) is 0 Å². The van der Waals surface area contributed by atoms with Crippen LogP contribution in [0.15, 0.2) is 18.3 Å². The van der Waals surface area contributed by atoms with Crippen molar-refractivity contribution in [3.63, 3.8) is 0 Å². The van der Waals surface area contributed by atoms with E-state index in [2.05, 4.69) is 10.3 Å². The van der Waals surface area contributed by atoms with Crippen LogP contribution in [-0.4, -0.2) is 51.3 Å². The van der Waals surface area contributed by atoms with Crippen LogP contribution >= 0.6 is 0 Å². The molecule has 1 aromatic rings. The second kappa shape index (κ2) is 5.70. The number of aromatic nitrogens is 1. The Morgan fingerprint density at radius 1 is 1.48 bits per heavy atom. The number of nitrogens with zero attached hydrogens (tertiary/aromatic N) is 2. The van der Waals surface area contributed by atoms with E-state index in [1.165, 1.54) is 12.3 Å². The minimum absolute atomic E-state index is 0.0725. The predicted molar refractivity (Wildman–Crippen MR) is 69.5 cm³/mol. The number of carbonyl (C=O) groups is 4. The van der Waals surface area contributed by atoms with Crippen LogP contribution in [0.4, 0.5) is 0 Å². The topological polar surface area (TPSA) is 117 Å². The van der Waals surface area contributed by atoms with Gasteiger partial charge in [-0.05, 0) is 18.6 Å². The number of rotatable bonds is 3. The molecule has 0 saturated carbocycles. The Kier molecular flexibility index (Phi) is 3.97. The molecule has 0 spiro atoms. The molecule has 2 heterocycles. The molecule has 2 rings (SSSR count). The first-order chi connectivity index (χ1) is 9.93. The van der Waals surface area contributed by atoms with Crippen molar-refractivity contribution < 1.29 is 24.3 Å². The maximum Gasteiger partial charge on any atom is 0.354 e. The average molecular weight is 291 g/mol. The van der Waals surface area contributed by atoms with Gasteiger partial charge in [-0.3, -0.25) is 19.7 Å².